The summed E-state index contributed by atoms with van der Waals surface area (Å²) in [7, 11) is 0. The molecular weight excluding hydrogens is 214 g/mol. The Kier molecular flexibility index (Phi) is 4.33. The molecule has 0 saturated carbocycles. The van der Waals surface area contributed by atoms with Crippen molar-refractivity contribution >= 4 is 23.2 Å². The monoisotopic (exact) mass is 222 g/mol. The summed E-state index contributed by atoms with van der Waals surface area (Å²) >= 11 is 11.5. The van der Waals surface area contributed by atoms with Crippen molar-refractivity contribution in [1.82, 2.24) is 0 Å². The predicted octanol–water partition coefficient (Wildman–Crippen LogP) is 3.43. The minimum absolute atomic E-state index is 0.0320. The lowest BCUT2D eigenvalue weighted by Gasteiger charge is -2.09. The summed E-state index contributed by atoms with van der Waals surface area (Å²) in [5.41, 5.74) is 0.708. The van der Waals surface area contributed by atoms with Gasteiger partial charge in [0, 0.05) is 10.6 Å². The Morgan fingerprint density at radius 2 is 2.15 bits per heavy atom. The molecule has 1 aromatic carbocycles. The lowest BCUT2D eigenvalue weighted by atomic mass is 10.2. The van der Waals surface area contributed by atoms with Crippen molar-refractivity contribution in [2.45, 2.75) is 5.88 Å². The zero-order valence-electron chi connectivity index (χ0n) is 6.90. The van der Waals surface area contributed by atoms with Crippen LogP contribution in [0.5, 0.6) is 5.75 Å². The zero-order chi connectivity index (χ0) is 9.68. The van der Waals surface area contributed by atoms with Crippen molar-refractivity contribution in [2.24, 2.45) is 0 Å². The van der Waals surface area contributed by atoms with Gasteiger partial charge in [-0.2, -0.15) is 0 Å². The van der Waals surface area contributed by atoms with Crippen molar-refractivity contribution in [3.8, 4) is 5.75 Å². The molecule has 0 heterocycles. The fraction of sp³-hybridized carbons (Fsp3) is 0.333. The van der Waals surface area contributed by atoms with Crippen LogP contribution in [-0.4, -0.2) is 13.3 Å². The first-order chi connectivity index (χ1) is 6.29. The van der Waals surface area contributed by atoms with Gasteiger partial charge in [-0.15, -0.1) is 11.6 Å². The van der Waals surface area contributed by atoms with Gasteiger partial charge in [0.15, 0.2) is 0 Å². The summed E-state index contributed by atoms with van der Waals surface area (Å²) < 4.78 is 16.9. The molecule has 0 bridgehead atoms. The van der Waals surface area contributed by atoms with Crippen molar-refractivity contribution in [2.75, 3.05) is 13.3 Å². The second-order valence-electron chi connectivity index (χ2n) is 2.39. The Labute approximate surface area is 86.4 Å². The molecule has 0 unspecified atom stereocenters. The molecule has 0 spiro atoms. The third kappa shape index (κ3) is 2.75. The molecular formula is C9H9Cl2FO. The van der Waals surface area contributed by atoms with Crippen molar-refractivity contribution < 1.29 is 9.13 Å². The summed E-state index contributed by atoms with van der Waals surface area (Å²) in [6.45, 7) is -0.488. The number of hydrogen-bond donors (Lipinski definition) is 0. The van der Waals surface area contributed by atoms with E-state index in [1.807, 2.05) is 0 Å². The van der Waals surface area contributed by atoms with Gasteiger partial charge < -0.3 is 4.74 Å². The smallest absolute Gasteiger partial charge is 0.125 e. The molecule has 0 saturated heterocycles. The molecule has 0 N–H and O–H groups in total. The normalized spacial score (nSPS) is 10.1. The molecule has 0 aliphatic rings. The van der Waals surface area contributed by atoms with Gasteiger partial charge in [0.1, 0.15) is 19.0 Å². The summed E-state index contributed by atoms with van der Waals surface area (Å²) in [5, 5.41) is 0.548. The summed E-state index contributed by atoms with van der Waals surface area (Å²) in [6.07, 6.45) is 0. The molecule has 13 heavy (non-hydrogen) atoms. The largest absolute Gasteiger partial charge is 0.490 e. The third-order valence-corrected chi connectivity index (χ3v) is 2.17. The second-order valence-corrected chi connectivity index (χ2v) is 3.06. The molecule has 0 aromatic heterocycles. The lowest BCUT2D eigenvalue weighted by molar-refractivity contribution is 0.271. The van der Waals surface area contributed by atoms with Crippen LogP contribution in [0, 0.1) is 0 Å². The van der Waals surface area contributed by atoms with Crippen LogP contribution in [0.15, 0.2) is 18.2 Å². The van der Waals surface area contributed by atoms with Crippen molar-refractivity contribution in [1.29, 1.82) is 0 Å². The highest BCUT2D eigenvalue weighted by Crippen LogP contribution is 2.27. The maximum absolute atomic E-state index is 11.8. The van der Waals surface area contributed by atoms with Gasteiger partial charge in [0.05, 0.1) is 5.88 Å². The summed E-state index contributed by atoms with van der Waals surface area (Å²) in [5.74, 6) is 0.821. The predicted molar refractivity (Wildman–Crippen MR) is 52.5 cm³/mol. The highest BCUT2D eigenvalue weighted by molar-refractivity contribution is 6.32. The van der Waals surface area contributed by atoms with Crippen LogP contribution in [0.25, 0.3) is 0 Å². The SMILES string of the molecule is FCCOc1cccc(Cl)c1CCl. The average molecular weight is 223 g/mol. The van der Waals surface area contributed by atoms with Gasteiger partial charge in [0.2, 0.25) is 0 Å². The fourth-order valence-electron chi connectivity index (χ4n) is 0.952. The van der Waals surface area contributed by atoms with Gasteiger partial charge in [0.25, 0.3) is 0 Å². The van der Waals surface area contributed by atoms with E-state index < -0.39 is 6.67 Å². The van der Waals surface area contributed by atoms with Crippen LogP contribution in [0.3, 0.4) is 0 Å². The average Bonchev–Trinajstić information content (AvgIpc) is 2.15. The third-order valence-electron chi connectivity index (χ3n) is 1.54. The minimum Gasteiger partial charge on any atom is -0.490 e. The molecule has 0 atom stereocenters. The first-order valence-electron chi connectivity index (χ1n) is 3.81. The van der Waals surface area contributed by atoms with E-state index >= 15 is 0 Å². The Morgan fingerprint density at radius 1 is 1.38 bits per heavy atom. The van der Waals surface area contributed by atoms with E-state index in [0.717, 1.165) is 0 Å². The molecule has 1 nitrogen and oxygen atoms in total. The van der Waals surface area contributed by atoms with E-state index in [1.54, 1.807) is 18.2 Å². The van der Waals surface area contributed by atoms with Crippen LogP contribution < -0.4 is 4.74 Å². The number of alkyl halides is 2. The molecule has 0 fully saturated rings. The van der Waals surface area contributed by atoms with E-state index in [4.69, 9.17) is 27.9 Å². The van der Waals surface area contributed by atoms with E-state index in [9.17, 15) is 4.39 Å². The Balaban J connectivity index is 2.85. The number of halogens is 3. The lowest BCUT2D eigenvalue weighted by Crippen LogP contribution is -2.01. The first kappa shape index (κ1) is 10.6. The Bertz CT molecular complexity index is 278. The minimum atomic E-state index is -0.520. The molecule has 0 radical (unpaired) electrons. The number of ether oxygens (including phenoxy) is 1. The number of hydrogen-bond acceptors (Lipinski definition) is 1. The van der Waals surface area contributed by atoms with Gasteiger partial charge in [-0.25, -0.2) is 4.39 Å². The molecule has 4 heteroatoms. The van der Waals surface area contributed by atoms with Crippen molar-refractivity contribution in [3.63, 3.8) is 0 Å². The Morgan fingerprint density at radius 3 is 2.77 bits per heavy atom. The van der Waals surface area contributed by atoms with Crippen LogP contribution in [-0.2, 0) is 5.88 Å². The molecule has 1 rings (SSSR count). The molecule has 0 aliphatic carbocycles. The molecule has 72 valence electrons. The molecule has 1 aromatic rings. The summed E-state index contributed by atoms with van der Waals surface area (Å²) in [6, 6.07) is 5.19. The van der Waals surface area contributed by atoms with E-state index in [0.29, 0.717) is 16.3 Å². The van der Waals surface area contributed by atoms with Gasteiger partial charge in [-0.1, -0.05) is 17.7 Å². The number of benzene rings is 1. The fourth-order valence-corrected chi connectivity index (χ4v) is 1.53. The van der Waals surface area contributed by atoms with Crippen LogP contribution >= 0.6 is 23.2 Å². The van der Waals surface area contributed by atoms with E-state index in [1.165, 1.54) is 0 Å². The number of rotatable bonds is 4. The van der Waals surface area contributed by atoms with Crippen LogP contribution in [0.4, 0.5) is 4.39 Å². The zero-order valence-corrected chi connectivity index (χ0v) is 8.41. The van der Waals surface area contributed by atoms with Gasteiger partial charge in [-0.05, 0) is 12.1 Å². The highest BCUT2D eigenvalue weighted by atomic mass is 35.5. The van der Waals surface area contributed by atoms with E-state index in [2.05, 4.69) is 0 Å². The highest BCUT2D eigenvalue weighted by Gasteiger charge is 2.06. The molecule has 0 amide bonds. The first-order valence-corrected chi connectivity index (χ1v) is 4.73. The maximum Gasteiger partial charge on any atom is 0.125 e. The quantitative estimate of drug-likeness (QED) is 0.710. The standard InChI is InChI=1S/C9H9Cl2FO/c10-6-7-8(11)2-1-3-9(7)13-5-4-12/h1-3H,4-6H2. The van der Waals surface area contributed by atoms with Crippen LogP contribution in [0.2, 0.25) is 5.02 Å². The Hall–Kier alpha value is -0.470. The van der Waals surface area contributed by atoms with Gasteiger partial charge in [-0.3, -0.25) is 0 Å². The topological polar surface area (TPSA) is 9.23 Å². The molecule has 0 aliphatic heterocycles. The van der Waals surface area contributed by atoms with Crippen LogP contribution in [0.1, 0.15) is 5.56 Å². The maximum atomic E-state index is 11.8. The van der Waals surface area contributed by atoms with Crippen molar-refractivity contribution in [3.05, 3.63) is 28.8 Å². The summed E-state index contributed by atoms with van der Waals surface area (Å²) in [4.78, 5) is 0. The second kappa shape index (κ2) is 5.30. The van der Waals surface area contributed by atoms with E-state index in [-0.39, 0.29) is 12.5 Å². The van der Waals surface area contributed by atoms with Gasteiger partial charge >= 0.3 is 0 Å².